The second-order valence-corrected chi connectivity index (χ2v) is 5.57. The maximum atomic E-state index is 5.69. The molecule has 3 heteroatoms. The smallest absolute Gasteiger partial charge is 0.119 e. The van der Waals surface area contributed by atoms with Gasteiger partial charge in [0.05, 0.1) is 12.7 Å². The largest absolute Gasteiger partial charge is 0.494 e. The van der Waals surface area contributed by atoms with Crippen molar-refractivity contribution in [3.8, 4) is 5.75 Å². The lowest BCUT2D eigenvalue weighted by Gasteiger charge is -2.20. The van der Waals surface area contributed by atoms with Crippen LogP contribution in [-0.2, 0) is 11.3 Å². The van der Waals surface area contributed by atoms with E-state index in [2.05, 4.69) is 43.4 Å². The average Bonchev–Trinajstić information content (AvgIpc) is 3.01. The van der Waals surface area contributed by atoms with E-state index < -0.39 is 0 Å². The predicted molar refractivity (Wildman–Crippen MR) is 82.1 cm³/mol. The molecule has 1 fully saturated rings. The van der Waals surface area contributed by atoms with E-state index in [0.717, 1.165) is 31.9 Å². The van der Waals surface area contributed by atoms with Crippen LogP contribution in [0.5, 0.6) is 5.75 Å². The van der Waals surface area contributed by atoms with Gasteiger partial charge in [-0.1, -0.05) is 25.5 Å². The number of nitrogens with one attached hydrogen (secondary N) is 1. The molecule has 0 aromatic heterocycles. The minimum absolute atomic E-state index is 0.381. The molecule has 20 heavy (non-hydrogen) atoms. The van der Waals surface area contributed by atoms with Crippen LogP contribution in [0.2, 0.25) is 0 Å². The van der Waals surface area contributed by atoms with Gasteiger partial charge < -0.3 is 14.8 Å². The Bertz CT molecular complexity index is 371. The van der Waals surface area contributed by atoms with Crippen molar-refractivity contribution in [1.29, 1.82) is 0 Å². The Morgan fingerprint density at radius 1 is 1.35 bits per heavy atom. The Morgan fingerprint density at radius 3 is 2.80 bits per heavy atom. The molecular formula is C17H27NO2. The SMILES string of the molecule is CCCCOc1ccc(CNC(C)C2CCCO2)cc1. The second kappa shape index (κ2) is 8.28. The van der Waals surface area contributed by atoms with E-state index in [-0.39, 0.29) is 0 Å². The fraction of sp³-hybridized carbons (Fsp3) is 0.647. The van der Waals surface area contributed by atoms with E-state index in [9.17, 15) is 0 Å². The number of unbranched alkanes of at least 4 members (excludes halogenated alkanes) is 1. The van der Waals surface area contributed by atoms with Gasteiger partial charge in [-0.25, -0.2) is 0 Å². The van der Waals surface area contributed by atoms with Gasteiger partial charge in [-0.2, -0.15) is 0 Å². The molecule has 0 saturated carbocycles. The highest BCUT2D eigenvalue weighted by molar-refractivity contribution is 5.27. The highest BCUT2D eigenvalue weighted by Gasteiger charge is 2.21. The first-order valence-electron chi connectivity index (χ1n) is 7.86. The summed E-state index contributed by atoms with van der Waals surface area (Å²) in [5.74, 6) is 0.967. The summed E-state index contributed by atoms with van der Waals surface area (Å²) in [5.41, 5.74) is 1.29. The van der Waals surface area contributed by atoms with Crippen LogP contribution >= 0.6 is 0 Å². The van der Waals surface area contributed by atoms with Crippen molar-refractivity contribution in [3.63, 3.8) is 0 Å². The molecule has 0 bridgehead atoms. The normalized spacial score (nSPS) is 20.0. The molecule has 0 amide bonds. The summed E-state index contributed by atoms with van der Waals surface area (Å²) >= 11 is 0. The average molecular weight is 277 g/mol. The number of benzene rings is 1. The molecule has 1 N–H and O–H groups in total. The zero-order chi connectivity index (χ0) is 14.2. The molecule has 1 heterocycles. The monoisotopic (exact) mass is 277 g/mol. The molecule has 1 saturated heterocycles. The summed E-state index contributed by atoms with van der Waals surface area (Å²) in [5, 5.41) is 3.55. The summed E-state index contributed by atoms with van der Waals surface area (Å²) < 4.78 is 11.4. The molecule has 2 unspecified atom stereocenters. The highest BCUT2D eigenvalue weighted by atomic mass is 16.5. The van der Waals surface area contributed by atoms with Gasteiger partial charge in [0.25, 0.3) is 0 Å². The zero-order valence-electron chi connectivity index (χ0n) is 12.7. The molecule has 2 atom stereocenters. The van der Waals surface area contributed by atoms with Crippen LogP contribution in [-0.4, -0.2) is 25.4 Å². The lowest BCUT2D eigenvalue weighted by atomic mass is 10.1. The van der Waals surface area contributed by atoms with Crippen LogP contribution in [0.1, 0.15) is 45.1 Å². The summed E-state index contributed by atoms with van der Waals surface area (Å²) in [6.07, 6.45) is 5.04. The van der Waals surface area contributed by atoms with Crippen molar-refractivity contribution in [1.82, 2.24) is 5.32 Å². The lowest BCUT2D eigenvalue weighted by Crippen LogP contribution is -2.36. The second-order valence-electron chi connectivity index (χ2n) is 5.57. The van der Waals surface area contributed by atoms with Gasteiger partial charge in [0, 0.05) is 19.2 Å². The van der Waals surface area contributed by atoms with Gasteiger partial charge in [0.2, 0.25) is 0 Å². The van der Waals surface area contributed by atoms with Crippen molar-refractivity contribution < 1.29 is 9.47 Å². The van der Waals surface area contributed by atoms with Crippen LogP contribution in [0.15, 0.2) is 24.3 Å². The molecule has 1 aliphatic heterocycles. The third-order valence-electron chi connectivity index (χ3n) is 3.84. The van der Waals surface area contributed by atoms with Crippen LogP contribution in [0.3, 0.4) is 0 Å². The number of ether oxygens (including phenoxy) is 2. The standard InChI is InChI=1S/C17H27NO2/c1-3-4-11-19-16-9-7-15(8-10-16)13-18-14(2)17-6-5-12-20-17/h7-10,14,17-18H,3-6,11-13H2,1-2H3. The molecule has 1 aliphatic rings. The van der Waals surface area contributed by atoms with Gasteiger partial charge in [-0.15, -0.1) is 0 Å². The topological polar surface area (TPSA) is 30.5 Å². The van der Waals surface area contributed by atoms with Crippen molar-refractivity contribution >= 4 is 0 Å². The van der Waals surface area contributed by atoms with E-state index in [1.54, 1.807) is 0 Å². The molecule has 2 rings (SSSR count). The Morgan fingerprint density at radius 2 is 2.15 bits per heavy atom. The van der Waals surface area contributed by atoms with E-state index in [1.807, 2.05) is 0 Å². The van der Waals surface area contributed by atoms with Crippen LogP contribution in [0, 0.1) is 0 Å². The van der Waals surface area contributed by atoms with Crippen molar-refractivity contribution in [2.75, 3.05) is 13.2 Å². The van der Waals surface area contributed by atoms with E-state index in [0.29, 0.717) is 12.1 Å². The van der Waals surface area contributed by atoms with E-state index in [1.165, 1.54) is 24.8 Å². The maximum absolute atomic E-state index is 5.69. The lowest BCUT2D eigenvalue weighted by molar-refractivity contribution is 0.0832. The minimum Gasteiger partial charge on any atom is -0.494 e. The maximum Gasteiger partial charge on any atom is 0.119 e. The summed E-state index contributed by atoms with van der Waals surface area (Å²) in [6, 6.07) is 8.80. The van der Waals surface area contributed by atoms with Crippen LogP contribution < -0.4 is 10.1 Å². The van der Waals surface area contributed by atoms with Crippen LogP contribution in [0.4, 0.5) is 0 Å². The summed E-state index contributed by atoms with van der Waals surface area (Å²) in [7, 11) is 0. The van der Waals surface area contributed by atoms with Crippen molar-refractivity contribution in [2.24, 2.45) is 0 Å². The molecule has 1 aromatic carbocycles. The van der Waals surface area contributed by atoms with E-state index >= 15 is 0 Å². The number of rotatable bonds is 8. The van der Waals surface area contributed by atoms with Crippen molar-refractivity contribution in [3.05, 3.63) is 29.8 Å². The van der Waals surface area contributed by atoms with E-state index in [4.69, 9.17) is 9.47 Å². The van der Waals surface area contributed by atoms with Gasteiger partial charge in [-0.05, 0) is 43.9 Å². The van der Waals surface area contributed by atoms with Crippen molar-refractivity contribution in [2.45, 2.75) is 58.2 Å². The molecule has 0 aliphatic carbocycles. The number of hydrogen-bond acceptors (Lipinski definition) is 3. The fourth-order valence-corrected chi connectivity index (χ4v) is 2.45. The molecule has 112 valence electrons. The Balaban J connectivity index is 1.72. The fourth-order valence-electron chi connectivity index (χ4n) is 2.45. The molecule has 0 spiro atoms. The third kappa shape index (κ3) is 4.80. The Labute approximate surface area is 122 Å². The molecule has 1 aromatic rings. The molecule has 0 radical (unpaired) electrons. The number of hydrogen-bond donors (Lipinski definition) is 1. The van der Waals surface area contributed by atoms with Gasteiger partial charge in [0.1, 0.15) is 5.75 Å². The predicted octanol–water partition coefficient (Wildman–Crippen LogP) is 3.52. The minimum atomic E-state index is 0.381. The third-order valence-corrected chi connectivity index (χ3v) is 3.84. The molecule has 3 nitrogen and oxygen atoms in total. The Kier molecular flexibility index (Phi) is 6.34. The zero-order valence-corrected chi connectivity index (χ0v) is 12.7. The summed E-state index contributed by atoms with van der Waals surface area (Å²) in [4.78, 5) is 0. The highest BCUT2D eigenvalue weighted by Crippen LogP contribution is 2.16. The first-order valence-corrected chi connectivity index (χ1v) is 7.86. The van der Waals surface area contributed by atoms with Gasteiger partial charge in [0.15, 0.2) is 0 Å². The van der Waals surface area contributed by atoms with Gasteiger partial charge >= 0.3 is 0 Å². The molecular weight excluding hydrogens is 250 g/mol. The Hall–Kier alpha value is -1.06. The quantitative estimate of drug-likeness (QED) is 0.737. The van der Waals surface area contributed by atoms with Gasteiger partial charge in [-0.3, -0.25) is 0 Å². The first-order chi connectivity index (χ1) is 9.79. The van der Waals surface area contributed by atoms with Crippen LogP contribution in [0.25, 0.3) is 0 Å². The first kappa shape index (κ1) is 15.3. The summed E-state index contributed by atoms with van der Waals surface area (Å²) in [6.45, 7) is 6.99.